The number of nitro groups is 1. The zero-order chi connectivity index (χ0) is 14.6. The van der Waals surface area contributed by atoms with Crippen LogP contribution in [0.2, 0.25) is 0 Å². The van der Waals surface area contributed by atoms with E-state index in [-0.39, 0.29) is 16.9 Å². The van der Waals surface area contributed by atoms with E-state index in [0.29, 0.717) is 13.2 Å². The van der Waals surface area contributed by atoms with Gasteiger partial charge in [0.2, 0.25) is 0 Å². The minimum atomic E-state index is -0.621. The molecule has 1 heterocycles. The monoisotopic (exact) mass is 283 g/mol. The van der Waals surface area contributed by atoms with Crippen molar-refractivity contribution in [1.29, 1.82) is 0 Å². The fraction of sp³-hybridized carbons (Fsp3) is 0.538. The Labute approximate surface area is 116 Å². The van der Waals surface area contributed by atoms with E-state index >= 15 is 0 Å². The Morgan fingerprint density at radius 1 is 1.60 bits per heavy atom. The Kier molecular flexibility index (Phi) is 4.51. The summed E-state index contributed by atoms with van der Waals surface area (Å²) < 4.78 is 19.0. The largest absolute Gasteiger partial charge is 0.383 e. The molecule has 1 aromatic rings. The summed E-state index contributed by atoms with van der Waals surface area (Å²) in [5, 5.41) is 16.9. The molecule has 2 rings (SSSR count). The highest BCUT2D eigenvalue weighted by atomic mass is 19.1. The van der Waals surface area contributed by atoms with Gasteiger partial charge in [-0.1, -0.05) is 0 Å². The van der Waals surface area contributed by atoms with Crippen molar-refractivity contribution in [2.24, 2.45) is 0 Å². The molecule has 1 aromatic carbocycles. The van der Waals surface area contributed by atoms with E-state index in [9.17, 15) is 14.5 Å². The molecule has 0 radical (unpaired) electrons. The smallest absolute Gasteiger partial charge is 0.272 e. The van der Waals surface area contributed by atoms with E-state index in [4.69, 9.17) is 4.74 Å². The van der Waals surface area contributed by atoms with Crippen LogP contribution < -0.4 is 10.6 Å². The van der Waals surface area contributed by atoms with Gasteiger partial charge in [-0.05, 0) is 25.5 Å². The summed E-state index contributed by atoms with van der Waals surface area (Å²) >= 11 is 0. The summed E-state index contributed by atoms with van der Waals surface area (Å²) in [6.45, 7) is 1.96. The van der Waals surface area contributed by atoms with Crippen LogP contribution in [0.3, 0.4) is 0 Å². The number of non-ortho nitro benzene ring substituents is 1. The average Bonchev–Trinajstić information content (AvgIpc) is 2.86. The molecule has 1 unspecified atom stereocenters. The topological polar surface area (TPSA) is 76.4 Å². The highest BCUT2D eigenvalue weighted by Gasteiger charge is 2.33. The first kappa shape index (κ1) is 14.7. The van der Waals surface area contributed by atoms with E-state index in [1.54, 1.807) is 7.11 Å². The van der Waals surface area contributed by atoms with E-state index < -0.39 is 10.7 Å². The van der Waals surface area contributed by atoms with Crippen LogP contribution in [-0.2, 0) is 4.74 Å². The number of halogens is 1. The molecule has 6 nitrogen and oxygen atoms in total. The van der Waals surface area contributed by atoms with Crippen LogP contribution in [0.4, 0.5) is 15.8 Å². The molecule has 20 heavy (non-hydrogen) atoms. The maximum Gasteiger partial charge on any atom is 0.272 e. The Balaban J connectivity index is 2.04. The van der Waals surface area contributed by atoms with E-state index in [0.717, 1.165) is 25.5 Å². The van der Waals surface area contributed by atoms with Crippen molar-refractivity contribution in [1.82, 2.24) is 5.32 Å². The summed E-state index contributed by atoms with van der Waals surface area (Å²) in [6.07, 6.45) is 2.00. The van der Waals surface area contributed by atoms with Crippen molar-refractivity contribution >= 4 is 11.4 Å². The summed E-state index contributed by atoms with van der Waals surface area (Å²) in [4.78, 5) is 9.95. The molecule has 0 saturated carbocycles. The highest BCUT2D eigenvalue weighted by molar-refractivity contribution is 5.50. The zero-order valence-corrected chi connectivity index (χ0v) is 11.3. The highest BCUT2D eigenvalue weighted by Crippen LogP contribution is 2.24. The van der Waals surface area contributed by atoms with Crippen molar-refractivity contribution in [3.05, 3.63) is 34.1 Å². The molecule has 1 aliphatic rings. The van der Waals surface area contributed by atoms with Gasteiger partial charge in [0.05, 0.1) is 28.8 Å². The number of ether oxygens (including phenoxy) is 1. The van der Waals surface area contributed by atoms with Gasteiger partial charge in [-0.2, -0.15) is 0 Å². The molecule has 110 valence electrons. The summed E-state index contributed by atoms with van der Waals surface area (Å²) in [5.74, 6) is -0.621. The lowest BCUT2D eigenvalue weighted by atomic mass is 9.98. The van der Waals surface area contributed by atoms with Crippen LogP contribution >= 0.6 is 0 Å². The number of methoxy groups -OCH3 is 1. The second kappa shape index (κ2) is 6.15. The lowest BCUT2D eigenvalue weighted by Crippen LogP contribution is -2.49. The fourth-order valence-corrected chi connectivity index (χ4v) is 2.50. The molecular formula is C13H18FN3O3. The minimum absolute atomic E-state index is 0.205. The van der Waals surface area contributed by atoms with Gasteiger partial charge in [-0.3, -0.25) is 10.1 Å². The summed E-state index contributed by atoms with van der Waals surface area (Å²) in [5.41, 5.74) is -0.193. The predicted octanol–water partition coefficient (Wildman–Crippen LogP) is 1.91. The maximum absolute atomic E-state index is 13.8. The molecule has 0 aliphatic carbocycles. The van der Waals surface area contributed by atoms with Gasteiger partial charge in [-0.25, -0.2) is 4.39 Å². The molecule has 1 saturated heterocycles. The Bertz CT molecular complexity index is 490. The molecule has 2 N–H and O–H groups in total. The number of hydrogen-bond donors (Lipinski definition) is 2. The van der Waals surface area contributed by atoms with Crippen molar-refractivity contribution in [2.45, 2.75) is 18.4 Å². The quantitative estimate of drug-likeness (QED) is 0.616. The van der Waals surface area contributed by atoms with Gasteiger partial charge >= 0.3 is 0 Å². The molecule has 0 bridgehead atoms. The van der Waals surface area contributed by atoms with Crippen LogP contribution in [-0.4, -0.2) is 37.3 Å². The number of benzene rings is 1. The first-order chi connectivity index (χ1) is 9.56. The van der Waals surface area contributed by atoms with Gasteiger partial charge in [0.25, 0.3) is 5.69 Å². The number of hydrogen-bond acceptors (Lipinski definition) is 5. The first-order valence-corrected chi connectivity index (χ1v) is 6.48. The van der Waals surface area contributed by atoms with Crippen LogP contribution in [0.1, 0.15) is 12.8 Å². The minimum Gasteiger partial charge on any atom is -0.383 e. The third-order valence-corrected chi connectivity index (χ3v) is 3.53. The van der Waals surface area contributed by atoms with Crippen LogP contribution in [0, 0.1) is 15.9 Å². The number of nitrogens with zero attached hydrogens (tertiary/aromatic N) is 1. The van der Waals surface area contributed by atoms with Crippen LogP contribution in [0.25, 0.3) is 0 Å². The standard InChI is InChI=1S/C13H18FN3O3/c1-20-9-13(5-2-6-16-13)8-15-12-4-3-10(17(18)19)7-11(12)14/h3-4,7,15-16H,2,5-6,8-9H2,1H3. The third-order valence-electron chi connectivity index (χ3n) is 3.53. The summed E-state index contributed by atoms with van der Waals surface area (Å²) in [7, 11) is 1.63. The molecule has 1 fully saturated rings. The second-order valence-electron chi connectivity index (χ2n) is 5.02. The van der Waals surface area contributed by atoms with E-state index in [1.165, 1.54) is 12.1 Å². The molecule has 0 aromatic heterocycles. The van der Waals surface area contributed by atoms with Gasteiger partial charge in [-0.15, -0.1) is 0 Å². The molecule has 0 spiro atoms. The Morgan fingerprint density at radius 3 is 2.95 bits per heavy atom. The van der Waals surface area contributed by atoms with Crippen molar-refractivity contribution in [2.75, 3.05) is 32.1 Å². The van der Waals surface area contributed by atoms with Crippen molar-refractivity contribution < 1.29 is 14.1 Å². The van der Waals surface area contributed by atoms with Gasteiger partial charge in [0.15, 0.2) is 5.82 Å². The maximum atomic E-state index is 13.8. The fourth-order valence-electron chi connectivity index (χ4n) is 2.50. The molecule has 1 atom stereocenters. The average molecular weight is 283 g/mol. The number of anilines is 1. The zero-order valence-electron chi connectivity index (χ0n) is 11.3. The Hall–Kier alpha value is -1.73. The second-order valence-corrected chi connectivity index (χ2v) is 5.02. The normalized spacial score (nSPS) is 21.9. The number of nitrogens with one attached hydrogen (secondary N) is 2. The van der Waals surface area contributed by atoms with Crippen LogP contribution in [0.15, 0.2) is 18.2 Å². The van der Waals surface area contributed by atoms with Gasteiger partial charge in [0.1, 0.15) is 0 Å². The van der Waals surface area contributed by atoms with E-state index in [2.05, 4.69) is 10.6 Å². The number of nitro benzene ring substituents is 1. The molecule has 0 amide bonds. The third kappa shape index (κ3) is 3.23. The van der Waals surface area contributed by atoms with Crippen LogP contribution in [0.5, 0.6) is 0 Å². The van der Waals surface area contributed by atoms with Crippen molar-refractivity contribution in [3.8, 4) is 0 Å². The molecule has 1 aliphatic heterocycles. The Morgan fingerprint density at radius 2 is 2.40 bits per heavy atom. The SMILES string of the molecule is COCC1(CNc2ccc([N+](=O)[O-])cc2F)CCCN1. The number of rotatable bonds is 6. The van der Waals surface area contributed by atoms with Gasteiger partial charge < -0.3 is 15.4 Å². The predicted molar refractivity (Wildman–Crippen MR) is 73.4 cm³/mol. The van der Waals surface area contributed by atoms with E-state index in [1.807, 2.05) is 0 Å². The molecule has 7 heteroatoms. The summed E-state index contributed by atoms with van der Waals surface area (Å²) in [6, 6.07) is 3.60. The lowest BCUT2D eigenvalue weighted by molar-refractivity contribution is -0.385. The van der Waals surface area contributed by atoms with Crippen molar-refractivity contribution in [3.63, 3.8) is 0 Å². The molecular weight excluding hydrogens is 265 g/mol. The lowest BCUT2D eigenvalue weighted by Gasteiger charge is -2.29. The van der Waals surface area contributed by atoms with Gasteiger partial charge in [0, 0.05) is 19.7 Å². The first-order valence-electron chi connectivity index (χ1n) is 6.48.